The summed E-state index contributed by atoms with van der Waals surface area (Å²) in [5, 5.41) is 13.9. The van der Waals surface area contributed by atoms with Gasteiger partial charge < -0.3 is 15.2 Å². The van der Waals surface area contributed by atoms with Crippen molar-refractivity contribution in [3.05, 3.63) is 24.3 Å². The lowest BCUT2D eigenvalue weighted by Crippen LogP contribution is -2.14. The highest BCUT2D eigenvalue weighted by molar-refractivity contribution is 5.91. The van der Waals surface area contributed by atoms with Gasteiger partial charge in [-0.25, -0.2) is 4.79 Å². The maximum Gasteiger partial charge on any atom is 0.411 e. The molecule has 0 radical (unpaired) electrons. The van der Waals surface area contributed by atoms with E-state index in [-0.39, 0.29) is 18.9 Å². The smallest absolute Gasteiger partial charge is 0.411 e. The van der Waals surface area contributed by atoms with E-state index >= 15 is 0 Å². The molecule has 6 heteroatoms. The lowest BCUT2D eigenvalue weighted by Gasteiger charge is -2.07. The highest BCUT2D eigenvalue weighted by Crippen LogP contribution is 2.14. The summed E-state index contributed by atoms with van der Waals surface area (Å²) in [7, 11) is 0. The minimum atomic E-state index is -0.512. The van der Waals surface area contributed by atoms with Gasteiger partial charge in [0.2, 0.25) is 5.91 Å². The molecule has 0 saturated carbocycles. The first-order valence-electron chi connectivity index (χ1n) is 6.10. The van der Waals surface area contributed by atoms with Crippen LogP contribution in [0.3, 0.4) is 0 Å². The van der Waals surface area contributed by atoms with E-state index in [1.54, 1.807) is 31.2 Å². The van der Waals surface area contributed by atoms with Gasteiger partial charge in [-0.15, -0.1) is 0 Å². The van der Waals surface area contributed by atoms with E-state index in [0.717, 1.165) is 0 Å². The van der Waals surface area contributed by atoms with Crippen molar-refractivity contribution in [2.45, 2.75) is 19.8 Å². The normalized spacial score (nSPS) is 9.79. The first-order chi connectivity index (χ1) is 9.15. The molecule has 19 heavy (non-hydrogen) atoms. The van der Waals surface area contributed by atoms with Crippen LogP contribution in [0.4, 0.5) is 16.2 Å². The maximum atomic E-state index is 11.4. The Hall–Kier alpha value is -2.08. The summed E-state index contributed by atoms with van der Waals surface area (Å²) < 4.78 is 4.74. The van der Waals surface area contributed by atoms with Gasteiger partial charge in [-0.3, -0.25) is 10.1 Å². The number of aliphatic hydroxyl groups excluding tert-OH is 1. The molecule has 1 aromatic rings. The molecule has 3 N–H and O–H groups in total. The van der Waals surface area contributed by atoms with Crippen molar-refractivity contribution in [2.75, 3.05) is 23.8 Å². The van der Waals surface area contributed by atoms with Gasteiger partial charge in [0, 0.05) is 24.4 Å². The molecule has 1 aromatic carbocycles. The van der Waals surface area contributed by atoms with Crippen molar-refractivity contribution in [3.8, 4) is 0 Å². The van der Waals surface area contributed by atoms with Gasteiger partial charge in [-0.05, 0) is 37.6 Å². The van der Waals surface area contributed by atoms with Crippen LogP contribution in [0.25, 0.3) is 0 Å². The molecule has 0 saturated heterocycles. The second-order valence-electron chi connectivity index (χ2n) is 3.80. The molecule has 0 bridgehead atoms. The Morgan fingerprint density at radius 3 is 2.26 bits per heavy atom. The quantitative estimate of drug-likeness (QED) is 0.734. The number of rotatable bonds is 6. The summed E-state index contributed by atoms with van der Waals surface area (Å²) >= 11 is 0. The number of hydrogen-bond acceptors (Lipinski definition) is 4. The maximum absolute atomic E-state index is 11.4. The third-order valence-corrected chi connectivity index (χ3v) is 2.25. The minimum absolute atomic E-state index is 0.00415. The molecule has 0 aliphatic heterocycles. The summed E-state index contributed by atoms with van der Waals surface area (Å²) in [6.45, 7) is 2.03. The lowest BCUT2D eigenvalue weighted by molar-refractivity contribution is -0.116. The number of ether oxygens (including phenoxy) is 1. The molecule has 0 aromatic heterocycles. The average Bonchev–Trinajstić information content (AvgIpc) is 2.39. The number of amides is 2. The highest BCUT2D eigenvalue weighted by atomic mass is 16.5. The molecule has 1 rings (SSSR count). The predicted octanol–water partition coefficient (Wildman–Crippen LogP) is 1.97. The topological polar surface area (TPSA) is 87.7 Å². The number of carbonyl (C=O) groups is 2. The van der Waals surface area contributed by atoms with Gasteiger partial charge in [-0.2, -0.15) is 0 Å². The van der Waals surface area contributed by atoms with Gasteiger partial charge in [0.25, 0.3) is 0 Å². The minimum Gasteiger partial charge on any atom is -0.450 e. The van der Waals surface area contributed by atoms with Gasteiger partial charge >= 0.3 is 6.09 Å². The molecule has 104 valence electrons. The summed E-state index contributed by atoms with van der Waals surface area (Å²) in [5.41, 5.74) is 1.23. The van der Waals surface area contributed by atoms with Crippen LogP contribution in [0, 0.1) is 0 Å². The van der Waals surface area contributed by atoms with Gasteiger partial charge in [0.1, 0.15) is 0 Å². The fourth-order valence-corrected chi connectivity index (χ4v) is 1.39. The van der Waals surface area contributed by atoms with Gasteiger partial charge in [0.05, 0.1) is 6.61 Å². The lowest BCUT2D eigenvalue weighted by atomic mass is 10.2. The Morgan fingerprint density at radius 1 is 1.16 bits per heavy atom. The summed E-state index contributed by atoms with van der Waals surface area (Å²) in [6, 6.07) is 6.69. The average molecular weight is 266 g/mol. The number of benzene rings is 1. The molecule has 0 fully saturated rings. The number of anilines is 2. The molecule has 0 spiro atoms. The molecular weight excluding hydrogens is 248 g/mol. The van der Waals surface area contributed by atoms with Crippen LogP contribution in [0.5, 0.6) is 0 Å². The van der Waals surface area contributed by atoms with Crippen LogP contribution in [-0.4, -0.2) is 30.3 Å². The second-order valence-corrected chi connectivity index (χ2v) is 3.80. The van der Waals surface area contributed by atoms with Gasteiger partial charge in [-0.1, -0.05) is 0 Å². The van der Waals surface area contributed by atoms with Crippen LogP contribution in [0.2, 0.25) is 0 Å². The Balaban J connectivity index is 2.47. The molecular formula is C13H18N2O4. The van der Waals surface area contributed by atoms with Crippen molar-refractivity contribution in [1.29, 1.82) is 0 Å². The Labute approximate surface area is 111 Å². The second kappa shape index (κ2) is 8.10. The molecule has 2 amide bonds. The molecule has 0 aliphatic carbocycles. The third kappa shape index (κ3) is 5.87. The largest absolute Gasteiger partial charge is 0.450 e. The zero-order valence-electron chi connectivity index (χ0n) is 10.8. The van der Waals surface area contributed by atoms with Crippen molar-refractivity contribution >= 4 is 23.4 Å². The van der Waals surface area contributed by atoms with Crippen molar-refractivity contribution in [1.82, 2.24) is 0 Å². The predicted molar refractivity (Wildman–Crippen MR) is 72.0 cm³/mol. The van der Waals surface area contributed by atoms with Crippen LogP contribution >= 0.6 is 0 Å². The Bertz CT molecular complexity index is 417. The van der Waals surface area contributed by atoms with Crippen LogP contribution in [0.1, 0.15) is 19.8 Å². The van der Waals surface area contributed by atoms with Crippen molar-refractivity contribution in [2.24, 2.45) is 0 Å². The molecule has 0 aliphatic rings. The zero-order valence-corrected chi connectivity index (χ0v) is 10.8. The summed E-state index contributed by atoms with van der Waals surface area (Å²) in [4.78, 5) is 22.6. The summed E-state index contributed by atoms with van der Waals surface area (Å²) in [5.74, 6) is -0.153. The highest BCUT2D eigenvalue weighted by Gasteiger charge is 2.04. The molecule has 6 nitrogen and oxygen atoms in total. The van der Waals surface area contributed by atoms with Crippen molar-refractivity contribution < 1.29 is 19.4 Å². The summed E-state index contributed by atoms with van der Waals surface area (Å²) in [6.07, 6.45) is 0.204. The number of carbonyl (C=O) groups excluding carboxylic acids is 2. The first-order valence-corrected chi connectivity index (χ1v) is 6.10. The van der Waals surface area contributed by atoms with E-state index in [0.29, 0.717) is 24.4 Å². The van der Waals surface area contributed by atoms with E-state index in [1.807, 2.05) is 0 Å². The van der Waals surface area contributed by atoms with Crippen LogP contribution < -0.4 is 10.6 Å². The SMILES string of the molecule is CCOC(=O)Nc1ccc(NC(=O)CCCO)cc1. The van der Waals surface area contributed by atoms with E-state index < -0.39 is 6.09 Å². The first kappa shape index (κ1) is 15.0. The van der Waals surface area contributed by atoms with E-state index in [4.69, 9.17) is 9.84 Å². The Morgan fingerprint density at radius 2 is 1.74 bits per heavy atom. The fraction of sp³-hybridized carbons (Fsp3) is 0.385. The monoisotopic (exact) mass is 266 g/mol. The van der Waals surface area contributed by atoms with E-state index in [2.05, 4.69) is 10.6 Å². The third-order valence-electron chi connectivity index (χ3n) is 2.25. The number of aliphatic hydroxyl groups is 1. The van der Waals surface area contributed by atoms with Crippen molar-refractivity contribution in [3.63, 3.8) is 0 Å². The molecule has 0 heterocycles. The van der Waals surface area contributed by atoms with E-state index in [9.17, 15) is 9.59 Å². The number of hydrogen-bond donors (Lipinski definition) is 3. The molecule has 0 atom stereocenters. The van der Waals surface area contributed by atoms with Crippen LogP contribution in [-0.2, 0) is 9.53 Å². The zero-order chi connectivity index (χ0) is 14.1. The fourth-order valence-electron chi connectivity index (χ4n) is 1.39. The number of nitrogens with one attached hydrogen (secondary N) is 2. The van der Waals surface area contributed by atoms with Crippen LogP contribution in [0.15, 0.2) is 24.3 Å². The molecule has 0 unspecified atom stereocenters. The van der Waals surface area contributed by atoms with Gasteiger partial charge in [0.15, 0.2) is 0 Å². The van der Waals surface area contributed by atoms with E-state index in [1.165, 1.54) is 0 Å². The Kier molecular flexibility index (Phi) is 6.38. The standard InChI is InChI=1S/C13H18N2O4/c1-2-19-13(18)15-11-7-5-10(6-8-11)14-12(17)4-3-9-16/h5-8,16H,2-4,9H2,1H3,(H,14,17)(H,15,18).